The minimum atomic E-state index is 0.744. The van der Waals surface area contributed by atoms with Gasteiger partial charge in [0.25, 0.3) is 0 Å². The van der Waals surface area contributed by atoms with Gasteiger partial charge in [-0.3, -0.25) is 0 Å². The van der Waals surface area contributed by atoms with Gasteiger partial charge in [-0.2, -0.15) is 0 Å². The fourth-order valence-corrected chi connectivity index (χ4v) is 3.53. The molecule has 0 aromatic heterocycles. The van der Waals surface area contributed by atoms with Crippen LogP contribution in [0.5, 0.6) is 0 Å². The molecule has 2 atom stereocenters. The van der Waals surface area contributed by atoms with Gasteiger partial charge in [0, 0.05) is 12.1 Å². The molecule has 0 spiro atoms. The number of hydrogen-bond donors (Lipinski definition) is 1. The van der Waals surface area contributed by atoms with E-state index in [4.69, 9.17) is 0 Å². The van der Waals surface area contributed by atoms with Crippen molar-refractivity contribution in [2.45, 2.75) is 58.0 Å². The van der Waals surface area contributed by atoms with Gasteiger partial charge in [0.2, 0.25) is 0 Å². The van der Waals surface area contributed by atoms with Crippen molar-refractivity contribution in [2.24, 2.45) is 11.8 Å². The topological polar surface area (TPSA) is 12.0 Å². The number of nitrogens with one attached hydrogen (secondary N) is 1. The minimum absolute atomic E-state index is 0.744. The van der Waals surface area contributed by atoms with Gasteiger partial charge in [0.1, 0.15) is 0 Å². The smallest absolute Gasteiger partial charge is 0.0142 e. The van der Waals surface area contributed by atoms with E-state index in [1.807, 2.05) is 0 Å². The highest BCUT2D eigenvalue weighted by Crippen LogP contribution is 2.39. The van der Waals surface area contributed by atoms with Crippen molar-refractivity contribution in [1.29, 1.82) is 0 Å². The first-order valence-corrected chi connectivity index (χ1v) is 8.21. The Bertz CT molecular complexity index is 454. The summed E-state index contributed by atoms with van der Waals surface area (Å²) in [5.41, 5.74) is 2.88. The van der Waals surface area contributed by atoms with E-state index in [2.05, 4.69) is 55.6 Å². The van der Waals surface area contributed by atoms with Crippen LogP contribution in [0.15, 0.2) is 35.9 Å². The molecule has 108 valence electrons. The Morgan fingerprint density at radius 2 is 1.80 bits per heavy atom. The van der Waals surface area contributed by atoms with Crippen LogP contribution < -0.4 is 5.32 Å². The van der Waals surface area contributed by atoms with Gasteiger partial charge in [-0.05, 0) is 56.4 Å². The quantitative estimate of drug-likeness (QED) is 0.839. The van der Waals surface area contributed by atoms with Gasteiger partial charge in [-0.15, -0.1) is 0 Å². The first kappa shape index (κ1) is 13.9. The molecule has 0 radical (unpaired) electrons. The lowest BCUT2D eigenvalue weighted by atomic mass is 9.87. The van der Waals surface area contributed by atoms with Crippen molar-refractivity contribution >= 4 is 6.08 Å². The van der Waals surface area contributed by atoms with Gasteiger partial charge in [-0.1, -0.05) is 48.9 Å². The molecule has 0 saturated heterocycles. The SMILES string of the molecule is C/C(=C\c1ccccc1)C1CC1NC1CCC(C)CC1. The van der Waals surface area contributed by atoms with E-state index in [9.17, 15) is 0 Å². The van der Waals surface area contributed by atoms with Crippen molar-refractivity contribution in [2.75, 3.05) is 0 Å². The fraction of sp³-hybridized carbons (Fsp3) is 0.579. The first-order chi connectivity index (χ1) is 9.72. The Labute approximate surface area is 123 Å². The van der Waals surface area contributed by atoms with E-state index in [1.54, 1.807) is 0 Å². The summed E-state index contributed by atoms with van der Waals surface area (Å²) < 4.78 is 0. The Morgan fingerprint density at radius 3 is 2.50 bits per heavy atom. The van der Waals surface area contributed by atoms with Crippen LogP contribution in [0, 0.1) is 11.8 Å². The Hall–Kier alpha value is -1.08. The maximum atomic E-state index is 3.89. The fourth-order valence-electron chi connectivity index (χ4n) is 3.53. The van der Waals surface area contributed by atoms with Crippen LogP contribution >= 0.6 is 0 Å². The van der Waals surface area contributed by atoms with Gasteiger partial charge >= 0.3 is 0 Å². The van der Waals surface area contributed by atoms with Gasteiger partial charge in [-0.25, -0.2) is 0 Å². The van der Waals surface area contributed by atoms with Crippen LogP contribution in [-0.2, 0) is 0 Å². The lowest BCUT2D eigenvalue weighted by Gasteiger charge is -2.27. The maximum Gasteiger partial charge on any atom is 0.0142 e. The molecule has 1 aromatic rings. The summed E-state index contributed by atoms with van der Waals surface area (Å²) in [5, 5.41) is 3.89. The molecule has 2 fully saturated rings. The molecule has 20 heavy (non-hydrogen) atoms. The number of benzene rings is 1. The summed E-state index contributed by atoms with van der Waals surface area (Å²) >= 11 is 0. The molecule has 0 heterocycles. The molecule has 2 aliphatic carbocycles. The van der Waals surface area contributed by atoms with Crippen LogP contribution in [0.3, 0.4) is 0 Å². The van der Waals surface area contributed by atoms with E-state index < -0.39 is 0 Å². The molecule has 2 unspecified atom stereocenters. The molecule has 1 aromatic carbocycles. The Morgan fingerprint density at radius 1 is 1.10 bits per heavy atom. The van der Waals surface area contributed by atoms with Crippen molar-refractivity contribution in [3.63, 3.8) is 0 Å². The molecule has 2 saturated carbocycles. The van der Waals surface area contributed by atoms with Crippen molar-refractivity contribution < 1.29 is 0 Å². The summed E-state index contributed by atoms with van der Waals surface area (Å²) in [6.07, 6.45) is 9.27. The van der Waals surface area contributed by atoms with Gasteiger partial charge < -0.3 is 5.32 Å². The zero-order chi connectivity index (χ0) is 13.9. The van der Waals surface area contributed by atoms with Crippen LogP contribution in [0.25, 0.3) is 6.08 Å². The second-order valence-electron chi connectivity index (χ2n) is 6.87. The average Bonchev–Trinajstić information content (AvgIpc) is 3.22. The summed E-state index contributed by atoms with van der Waals surface area (Å²) in [6.45, 7) is 4.69. The number of rotatable bonds is 4. The van der Waals surface area contributed by atoms with Crippen LogP contribution in [-0.4, -0.2) is 12.1 Å². The monoisotopic (exact) mass is 269 g/mol. The van der Waals surface area contributed by atoms with Crippen LogP contribution in [0.1, 0.15) is 51.5 Å². The summed E-state index contributed by atoms with van der Waals surface area (Å²) in [5.74, 6) is 1.72. The molecule has 2 aliphatic rings. The average molecular weight is 269 g/mol. The van der Waals surface area contributed by atoms with Crippen LogP contribution in [0.2, 0.25) is 0 Å². The molecule has 1 heteroatoms. The molecule has 0 aliphatic heterocycles. The predicted octanol–water partition coefficient (Wildman–Crippen LogP) is 4.65. The first-order valence-electron chi connectivity index (χ1n) is 8.21. The molecule has 3 rings (SSSR count). The summed E-state index contributed by atoms with van der Waals surface area (Å²) in [7, 11) is 0. The second-order valence-corrected chi connectivity index (χ2v) is 6.87. The van der Waals surface area contributed by atoms with Crippen molar-refractivity contribution in [3.8, 4) is 0 Å². The third-order valence-corrected chi connectivity index (χ3v) is 5.03. The standard InChI is InChI=1S/C19H27N/c1-14-8-10-17(11-9-14)20-19-13-18(19)15(2)12-16-6-4-3-5-7-16/h3-7,12,14,17-20H,8-11,13H2,1-2H3/b15-12+. The molecule has 1 N–H and O–H groups in total. The third-order valence-electron chi connectivity index (χ3n) is 5.03. The highest BCUT2D eigenvalue weighted by atomic mass is 15.0. The molecule has 0 bridgehead atoms. The van der Waals surface area contributed by atoms with Crippen molar-refractivity contribution in [3.05, 3.63) is 41.5 Å². The largest absolute Gasteiger partial charge is 0.311 e. The van der Waals surface area contributed by atoms with Crippen LogP contribution in [0.4, 0.5) is 0 Å². The van der Waals surface area contributed by atoms with E-state index >= 15 is 0 Å². The Balaban J connectivity index is 1.50. The molecule has 1 nitrogen and oxygen atoms in total. The summed E-state index contributed by atoms with van der Waals surface area (Å²) in [6, 6.07) is 12.2. The van der Waals surface area contributed by atoms with E-state index in [0.29, 0.717) is 0 Å². The maximum absolute atomic E-state index is 3.89. The molecular weight excluding hydrogens is 242 g/mol. The number of hydrogen-bond acceptors (Lipinski definition) is 1. The lowest BCUT2D eigenvalue weighted by molar-refractivity contribution is 0.304. The highest BCUT2D eigenvalue weighted by Gasteiger charge is 2.39. The third kappa shape index (κ3) is 3.52. The zero-order valence-electron chi connectivity index (χ0n) is 12.8. The van der Waals surface area contributed by atoms with Crippen molar-refractivity contribution in [1.82, 2.24) is 5.32 Å². The van der Waals surface area contributed by atoms with E-state index in [-0.39, 0.29) is 0 Å². The summed E-state index contributed by atoms with van der Waals surface area (Å²) in [4.78, 5) is 0. The second kappa shape index (κ2) is 6.13. The van der Waals surface area contributed by atoms with Gasteiger partial charge in [0.15, 0.2) is 0 Å². The van der Waals surface area contributed by atoms with E-state index in [1.165, 1.54) is 43.2 Å². The minimum Gasteiger partial charge on any atom is -0.311 e. The Kier molecular flexibility index (Phi) is 4.26. The highest BCUT2D eigenvalue weighted by molar-refractivity contribution is 5.53. The molecular formula is C19H27N. The van der Waals surface area contributed by atoms with Gasteiger partial charge in [0.05, 0.1) is 0 Å². The molecule has 0 amide bonds. The van der Waals surface area contributed by atoms with E-state index in [0.717, 1.165) is 23.9 Å². The lowest BCUT2D eigenvalue weighted by Crippen LogP contribution is -2.35. The predicted molar refractivity (Wildman–Crippen MR) is 86.5 cm³/mol. The normalized spacial score (nSPS) is 34.0. The zero-order valence-corrected chi connectivity index (χ0v) is 12.8.